The van der Waals surface area contributed by atoms with E-state index in [4.69, 9.17) is 0 Å². The minimum absolute atomic E-state index is 0.596. The van der Waals surface area contributed by atoms with E-state index in [1.165, 1.54) is 12.8 Å². The lowest BCUT2D eigenvalue weighted by atomic mass is 10.2. The smallest absolute Gasteiger partial charge is 0.201 e. The summed E-state index contributed by atoms with van der Waals surface area (Å²) in [6.45, 7) is 2.72. The number of rotatable bonds is 6. The summed E-state index contributed by atoms with van der Waals surface area (Å²) in [5.41, 5.74) is 0. The lowest BCUT2D eigenvalue weighted by Gasteiger charge is -1.95. The predicted molar refractivity (Wildman–Crippen MR) is 42.5 cm³/mol. The molecule has 0 aromatic rings. The average Bonchev–Trinajstić information content (AvgIpc) is 1.87. The Labute approximate surface area is 63.9 Å². The van der Waals surface area contributed by atoms with Crippen molar-refractivity contribution < 1.29 is 8.42 Å². The van der Waals surface area contributed by atoms with E-state index in [1.54, 1.807) is 0 Å². The molecule has 0 aliphatic rings. The van der Waals surface area contributed by atoms with Crippen LogP contribution < -0.4 is 4.72 Å². The molecule has 62 valence electrons. The van der Waals surface area contributed by atoms with E-state index < -0.39 is 10.9 Å². The molecule has 0 aliphatic carbocycles. The molecule has 4 heteroatoms. The van der Waals surface area contributed by atoms with Crippen molar-refractivity contribution in [2.75, 3.05) is 6.54 Å². The Morgan fingerprint density at radius 3 is 2.40 bits per heavy atom. The van der Waals surface area contributed by atoms with Gasteiger partial charge in [0.05, 0.1) is 0 Å². The maximum Gasteiger partial charge on any atom is 0.201 e. The van der Waals surface area contributed by atoms with E-state index in [0.29, 0.717) is 6.54 Å². The van der Waals surface area contributed by atoms with Gasteiger partial charge in [0.2, 0.25) is 10.9 Å². The monoisotopic (exact) mass is 165 g/mol. The van der Waals surface area contributed by atoms with Gasteiger partial charge in [0.15, 0.2) is 0 Å². The Bertz CT molecular complexity index is 126. The Morgan fingerprint density at radius 2 is 1.90 bits per heavy atom. The second kappa shape index (κ2) is 7.02. The van der Waals surface area contributed by atoms with Crippen LogP contribution in [-0.2, 0) is 10.9 Å². The van der Waals surface area contributed by atoms with Crippen LogP contribution in [0.2, 0.25) is 0 Å². The Hall–Kier alpha value is -0.0900. The molecule has 0 heterocycles. The van der Waals surface area contributed by atoms with Gasteiger partial charge < -0.3 is 0 Å². The molecule has 0 atom stereocenters. The summed E-state index contributed by atoms with van der Waals surface area (Å²) < 4.78 is 22.3. The zero-order valence-electron chi connectivity index (χ0n) is 6.30. The Kier molecular flexibility index (Phi) is 6.96. The SMILES string of the molecule is CCCCCCN[SH](=O)=O. The number of unbranched alkanes of at least 4 members (excludes halogenated alkanes) is 3. The molecule has 0 radical (unpaired) electrons. The molecule has 1 N–H and O–H groups in total. The largest absolute Gasteiger partial charge is 0.218 e. The highest BCUT2D eigenvalue weighted by molar-refractivity contribution is 7.70. The van der Waals surface area contributed by atoms with Crippen molar-refractivity contribution in [3.63, 3.8) is 0 Å². The molecule has 0 saturated heterocycles. The van der Waals surface area contributed by atoms with Crippen LogP contribution in [0.3, 0.4) is 0 Å². The number of hydrogen-bond acceptors (Lipinski definition) is 2. The first kappa shape index (κ1) is 9.91. The van der Waals surface area contributed by atoms with Crippen molar-refractivity contribution in [3.8, 4) is 0 Å². The molecular formula is C6H15NO2S. The van der Waals surface area contributed by atoms with Gasteiger partial charge in [-0.15, -0.1) is 0 Å². The second-order valence-corrected chi connectivity index (χ2v) is 3.06. The van der Waals surface area contributed by atoms with Crippen LogP contribution in [0.4, 0.5) is 0 Å². The highest BCUT2D eigenvalue weighted by Gasteiger charge is 1.86. The standard InChI is InChI=1S/C6H15NO2S/c1-2-3-4-5-6-7-10(8)9/h10H,2-6H2,1H3,(H,7,8,9). The van der Waals surface area contributed by atoms with Gasteiger partial charge >= 0.3 is 0 Å². The summed E-state index contributed by atoms with van der Waals surface area (Å²) in [5.74, 6) is 0. The summed E-state index contributed by atoms with van der Waals surface area (Å²) in [4.78, 5) is 0. The summed E-state index contributed by atoms with van der Waals surface area (Å²) in [5, 5.41) is 0. The lowest BCUT2D eigenvalue weighted by molar-refractivity contribution is 0.592. The van der Waals surface area contributed by atoms with Gasteiger partial charge in [0.25, 0.3) is 0 Å². The first-order valence-corrected chi connectivity index (χ1v) is 4.83. The molecule has 0 aliphatic heterocycles. The number of hydrogen-bond donors (Lipinski definition) is 2. The topological polar surface area (TPSA) is 46.2 Å². The summed E-state index contributed by atoms with van der Waals surface area (Å²) in [6, 6.07) is 0. The molecule has 0 unspecified atom stereocenters. The molecule has 0 rings (SSSR count). The van der Waals surface area contributed by atoms with Crippen LogP contribution >= 0.6 is 0 Å². The van der Waals surface area contributed by atoms with Crippen LogP contribution in [0.5, 0.6) is 0 Å². The number of nitrogens with one attached hydrogen (secondary N) is 1. The molecule has 0 saturated carbocycles. The molecule has 0 aromatic heterocycles. The first-order chi connectivity index (χ1) is 4.77. The fraction of sp³-hybridized carbons (Fsp3) is 1.00. The van der Waals surface area contributed by atoms with Gasteiger partial charge in [0, 0.05) is 6.54 Å². The van der Waals surface area contributed by atoms with E-state index in [-0.39, 0.29) is 0 Å². The van der Waals surface area contributed by atoms with E-state index in [0.717, 1.165) is 12.8 Å². The minimum Gasteiger partial charge on any atom is -0.218 e. The van der Waals surface area contributed by atoms with Crippen LogP contribution in [0.25, 0.3) is 0 Å². The van der Waals surface area contributed by atoms with E-state index in [1.807, 2.05) is 0 Å². The fourth-order valence-corrected chi connectivity index (χ4v) is 1.06. The maximum atomic E-state index is 9.96. The van der Waals surface area contributed by atoms with Crippen LogP contribution in [-0.4, -0.2) is 15.0 Å². The zero-order valence-corrected chi connectivity index (χ0v) is 7.19. The third-order valence-corrected chi connectivity index (χ3v) is 1.75. The van der Waals surface area contributed by atoms with E-state index in [9.17, 15) is 8.42 Å². The second-order valence-electron chi connectivity index (χ2n) is 2.23. The highest BCUT2D eigenvalue weighted by Crippen LogP contribution is 1.96. The normalized spacial score (nSPS) is 10.6. The van der Waals surface area contributed by atoms with Crippen LogP contribution in [0, 0.1) is 0 Å². The average molecular weight is 165 g/mol. The van der Waals surface area contributed by atoms with Crippen molar-refractivity contribution >= 4 is 10.9 Å². The molecule has 0 fully saturated rings. The summed E-state index contributed by atoms with van der Waals surface area (Å²) >= 11 is 0. The molecule has 10 heavy (non-hydrogen) atoms. The molecule has 3 nitrogen and oxygen atoms in total. The van der Waals surface area contributed by atoms with Crippen molar-refractivity contribution in [2.45, 2.75) is 32.6 Å². The third kappa shape index (κ3) is 7.91. The predicted octanol–water partition coefficient (Wildman–Crippen LogP) is 0.683. The van der Waals surface area contributed by atoms with Crippen molar-refractivity contribution in [1.29, 1.82) is 0 Å². The van der Waals surface area contributed by atoms with Crippen LogP contribution in [0.1, 0.15) is 32.6 Å². The first-order valence-electron chi connectivity index (χ1n) is 3.65. The van der Waals surface area contributed by atoms with Gasteiger partial charge in [-0.25, -0.2) is 13.1 Å². The molecule has 0 aromatic carbocycles. The van der Waals surface area contributed by atoms with Gasteiger partial charge in [-0.1, -0.05) is 26.2 Å². The summed E-state index contributed by atoms with van der Waals surface area (Å²) in [7, 11) is -2.37. The quantitative estimate of drug-likeness (QED) is 0.449. The molecule has 0 bridgehead atoms. The number of thiol groups is 1. The molecule has 0 amide bonds. The Balaban J connectivity index is 2.91. The van der Waals surface area contributed by atoms with Gasteiger partial charge in [-0.05, 0) is 6.42 Å². The third-order valence-electron chi connectivity index (χ3n) is 1.27. The van der Waals surface area contributed by atoms with Gasteiger partial charge in [-0.3, -0.25) is 0 Å². The maximum absolute atomic E-state index is 9.96. The molecule has 0 spiro atoms. The fourth-order valence-electron chi connectivity index (χ4n) is 0.722. The van der Waals surface area contributed by atoms with Gasteiger partial charge in [0.1, 0.15) is 0 Å². The van der Waals surface area contributed by atoms with Gasteiger partial charge in [-0.2, -0.15) is 0 Å². The van der Waals surface area contributed by atoms with Crippen molar-refractivity contribution in [1.82, 2.24) is 4.72 Å². The lowest BCUT2D eigenvalue weighted by Crippen LogP contribution is -2.12. The Morgan fingerprint density at radius 1 is 1.20 bits per heavy atom. The summed E-state index contributed by atoms with van der Waals surface area (Å²) in [6.07, 6.45) is 4.45. The minimum atomic E-state index is -2.37. The molecular weight excluding hydrogens is 150 g/mol. The van der Waals surface area contributed by atoms with Crippen molar-refractivity contribution in [3.05, 3.63) is 0 Å². The van der Waals surface area contributed by atoms with E-state index in [2.05, 4.69) is 11.6 Å². The highest BCUT2D eigenvalue weighted by atomic mass is 32.2. The van der Waals surface area contributed by atoms with Crippen molar-refractivity contribution in [2.24, 2.45) is 0 Å². The van der Waals surface area contributed by atoms with E-state index >= 15 is 0 Å². The van der Waals surface area contributed by atoms with Crippen LogP contribution in [0.15, 0.2) is 0 Å². The zero-order chi connectivity index (χ0) is 7.82.